The zero-order valence-corrected chi connectivity index (χ0v) is 15.1. The Balaban J connectivity index is 1.94. The normalized spacial score (nSPS) is 11.6. The summed E-state index contributed by atoms with van der Waals surface area (Å²) >= 11 is 1.30. The van der Waals surface area contributed by atoms with Crippen LogP contribution in [0.2, 0.25) is 0 Å². The molecule has 1 N–H and O–H groups in total. The first-order valence-corrected chi connectivity index (χ1v) is 9.58. The zero-order valence-electron chi connectivity index (χ0n) is 13.5. The highest BCUT2D eigenvalue weighted by Crippen LogP contribution is 2.30. The van der Waals surface area contributed by atoms with Crippen LogP contribution in [0.1, 0.15) is 28.4 Å². The number of benzene rings is 2. The van der Waals surface area contributed by atoms with Crippen molar-refractivity contribution in [2.75, 3.05) is 4.72 Å². The summed E-state index contributed by atoms with van der Waals surface area (Å²) in [6, 6.07) is 9.84. The fourth-order valence-electron chi connectivity index (χ4n) is 2.46. The summed E-state index contributed by atoms with van der Waals surface area (Å²) in [5.74, 6) is -0.107. The van der Waals surface area contributed by atoms with Crippen molar-refractivity contribution >= 4 is 42.5 Å². The minimum Gasteiger partial charge on any atom is -0.295 e. The number of fused-ring (bicyclic) bond motifs is 1. The van der Waals surface area contributed by atoms with Gasteiger partial charge in [0.25, 0.3) is 10.0 Å². The molecule has 3 rings (SSSR count). The molecule has 1 heterocycles. The first kappa shape index (κ1) is 16.6. The van der Waals surface area contributed by atoms with Crippen LogP contribution in [0.3, 0.4) is 0 Å². The van der Waals surface area contributed by atoms with E-state index in [4.69, 9.17) is 0 Å². The number of nitrogens with one attached hydrogen (secondary N) is 1. The summed E-state index contributed by atoms with van der Waals surface area (Å²) in [6.07, 6.45) is 0. The quantitative estimate of drug-likeness (QED) is 0.716. The fraction of sp³-hybridized carbons (Fsp3) is 0.176. The Bertz CT molecular complexity index is 1040. The lowest BCUT2D eigenvalue weighted by atomic mass is 10.1. The van der Waals surface area contributed by atoms with E-state index in [-0.39, 0.29) is 10.7 Å². The number of hydrogen-bond acceptors (Lipinski definition) is 5. The average Bonchev–Trinajstić information content (AvgIpc) is 2.89. The number of rotatable bonds is 4. The number of thiazole rings is 1. The molecule has 0 unspecified atom stereocenters. The zero-order chi connectivity index (χ0) is 17.5. The predicted molar refractivity (Wildman–Crippen MR) is 96.3 cm³/mol. The van der Waals surface area contributed by atoms with Gasteiger partial charge in [-0.25, -0.2) is 13.4 Å². The third-order valence-electron chi connectivity index (χ3n) is 3.62. The Hall–Kier alpha value is -2.25. The maximum absolute atomic E-state index is 12.5. The van der Waals surface area contributed by atoms with E-state index in [1.165, 1.54) is 42.5 Å². The number of nitrogens with zero attached hydrogens (tertiary/aromatic N) is 1. The molecule has 0 aliphatic carbocycles. The van der Waals surface area contributed by atoms with Gasteiger partial charge in [-0.1, -0.05) is 29.5 Å². The van der Waals surface area contributed by atoms with Crippen LogP contribution in [0.4, 0.5) is 5.13 Å². The molecule has 5 nitrogen and oxygen atoms in total. The number of hydrogen-bond donors (Lipinski definition) is 1. The lowest BCUT2D eigenvalue weighted by molar-refractivity contribution is 0.101. The van der Waals surface area contributed by atoms with Crippen LogP contribution < -0.4 is 4.72 Å². The van der Waals surface area contributed by atoms with Crippen LogP contribution in [0.25, 0.3) is 10.2 Å². The second-order valence-electron chi connectivity index (χ2n) is 5.63. The van der Waals surface area contributed by atoms with Crippen molar-refractivity contribution in [2.24, 2.45) is 0 Å². The number of aryl methyl sites for hydroxylation is 2. The third kappa shape index (κ3) is 3.18. The summed E-state index contributed by atoms with van der Waals surface area (Å²) in [6.45, 7) is 5.38. The molecule has 0 fully saturated rings. The fourth-order valence-corrected chi connectivity index (χ4v) is 4.73. The van der Waals surface area contributed by atoms with E-state index < -0.39 is 10.0 Å². The summed E-state index contributed by atoms with van der Waals surface area (Å²) in [4.78, 5) is 15.8. The van der Waals surface area contributed by atoms with Crippen LogP contribution in [-0.2, 0) is 10.0 Å². The number of sulfonamides is 1. The van der Waals surface area contributed by atoms with Gasteiger partial charge in [-0.3, -0.25) is 9.52 Å². The molecule has 7 heteroatoms. The number of carbonyl (C=O) groups is 1. The van der Waals surface area contributed by atoms with Crippen LogP contribution in [0, 0.1) is 13.8 Å². The molecule has 124 valence electrons. The number of carbonyl (C=O) groups excluding carboxylic acids is 1. The summed E-state index contributed by atoms with van der Waals surface area (Å²) < 4.78 is 28.4. The Labute approximate surface area is 144 Å². The molecule has 24 heavy (non-hydrogen) atoms. The monoisotopic (exact) mass is 360 g/mol. The van der Waals surface area contributed by atoms with Gasteiger partial charge in [0.1, 0.15) is 0 Å². The van der Waals surface area contributed by atoms with E-state index in [9.17, 15) is 13.2 Å². The largest absolute Gasteiger partial charge is 0.295 e. The van der Waals surface area contributed by atoms with Crippen molar-refractivity contribution < 1.29 is 13.2 Å². The van der Waals surface area contributed by atoms with Gasteiger partial charge in [-0.15, -0.1) is 0 Å². The lowest BCUT2D eigenvalue weighted by Crippen LogP contribution is -2.12. The Morgan fingerprint density at radius 1 is 1.12 bits per heavy atom. The Morgan fingerprint density at radius 2 is 1.79 bits per heavy atom. The van der Waals surface area contributed by atoms with Crippen LogP contribution in [0.5, 0.6) is 0 Å². The maximum Gasteiger partial charge on any atom is 0.263 e. The van der Waals surface area contributed by atoms with Crippen molar-refractivity contribution in [1.82, 2.24) is 4.98 Å². The highest BCUT2D eigenvalue weighted by Gasteiger charge is 2.17. The molecule has 0 amide bonds. The molecule has 0 radical (unpaired) electrons. The van der Waals surface area contributed by atoms with Crippen LogP contribution in [0.15, 0.2) is 41.3 Å². The van der Waals surface area contributed by atoms with E-state index in [1.807, 2.05) is 26.0 Å². The smallest absolute Gasteiger partial charge is 0.263 e. The van der Waals surface area contributed by atoms with Gasteiger partial charge in [0.2, 0.25) is 0 Å². The van der Waals surface area contributed by atoms with Gasteiger partial charge < -0.3 is 0 Å². The Morgan fingerprint density at radius 3 is 2.42 bits per heavy atom. The molecular weight excluding hydrogens is 344 g/mol. The minimum atomic E-state index is -3.74. The summed E-state index contributed by atoms with van der Waals surface area (Å²) in [7, 11) is -3.74. The molecule has 0 aliphatic rings. The number of aromatic nitrogens is 1. The second-order valence-corrected chi connectivity index (χ2v) is 8.35. The first-order valence-electron chi connectivity index (χ1n) is 7.28. The second kappa shape index (κ2) is 5.99. The number of anilines is 1. The molecule has 0 bridgehead atoms. The van der Waals surface area contributed by atoms with Gasteiger partial charge in [0, 0.05) is 5.56 Å². The molecule has 0 spiro atoms. The van der Waals surface area contributed by atoms with Gasteiger partial charge >= 0.3 is 0 Å². The standard InChI is InChI=1S/C17H16N2O3S2/c1-10-8-11(2)16-15(9-10)23-17(18-16)19-24(21,22)14-6-4-13(5-7-14)12(3)20/h4-9H,1-3H3,(H,18,19). The van der Waals surface area contributed by atoms with E-state index in [1.54, 1.807) is 0 Å². The third-order valence-corrected chi connectivity index (χ3v) is 6.02. The maximum atomic E-state index is 12.5. The molecular formula is C17H16N2O3S2. The van der Waals surface area contributed by atoms with E-state index in [2.05, 4.69) is 9.71 Å². The van der Waals surface area contributed by atoms with Crippen molar-refractivity contribution in [2.45, 2.75) is 25.7 Å². The van der Waals surface area contributed by atoms with Gasteiger partial charge in [0.05, 0.1) is 15.1 Å². The van der Waals surface area contributed by atoms with E-state index >= 15 is 0 Å². The molecule has 3 aromatic rings. The van der Waals surface area contributed by atoms with Crippen molar-refractivity contribution in [3.8, 4) is 0 Å². The molecule has 0 aliphatic heterocycles. The summed E-state index contributed by atoms with van der Waals surface area (Å²) in [5, 5.41) is 0.328. The molecule has 2 aromatic carbocycles. The highest BCUT2D eigenvalue weighted by molar-refractivity contribution is 7.93. The molecule has 0 saturated heterocycles. The SMILES string of the molecule is CC(=O)c1ccc(S(=O)(=O)Nc2nc3c(C)cc(C)cc3s2)cc1. The first-order chi connectivity index (χ1) is 11.3. The van der Waals surface area contributed by atoms with Gasteiger partial charge in [-0.2, -0.15) is 0 Å². The van der Waals surface area contributed by atoms with Gasteiger partial charge in [0.15, 0.2) is 10.9 Å². The minimum absolute atomic E-state index is 0.0969. The summed E-state index contributed by atoms with van der Waals surface area (Å²) in [5.41, 5.74) is 3.39. The van der Waals surface area contributed by atoms with Gasteiger partial charge in [-0.05, 0) is 50.1 Å². The van der Waals surface area contributed by atoms with Crippen molar-refractivity contribution in [1.29, 1.82) is 0 Å². The molecule has 1 aromatic heterocycles. The van der Waals surface area contributed by atoms with E-state index in [0.29, 0.717) is 10.7 Å². The predicted octanol–water partition coefficient (Wildman–Crippen LogP) is 3.92. The molecule has 0 saturated carbocycles. The topological polar surface area (TPSA) is 76.1 Å². The van der Waals surface area contributed by atoms with Crippen molar-refractivity contribution in [3.63, 3.8) is 0 Å². The lowest BCUT2D eigenvalue weighted by Gasteiger charge is -2.05. The Kier molecular flexibility index (Phi) is 4.15. The average molecular weight is 360 g/mol. The number of ketones is 1. The molecule has 0 atom stereocenters. The van der Waals surface area contributed by atoms with Crippen molar-refractivity contribution in [3.05, 3.63) is 53.1 Å². The number of Topliss-reactive ketones (excluding diaryl/α,β-unsaturated/α-hetero) is 1. The van der Waals surface area contributed by atoms with E-state index in [0.717, 1.165) is 21.3 Å². The van der Waals surface area contributed by atoms with Crippen LogP contribution in [-0.4, -0.2) is 19.2 Å². The van der Waals surface area contributed by atoms with Crippen LogP contribution >= 0.6 is 11.3 Å². The highest BCUT2D eigenvalue weighted by atomic mass is 32.2.